The number of anilines is 1. The van der Waals surface area contributed by atoms with Crippen LogP contribution in [-0.2, 0) is 4.79 Å². The van der Waals surface area contributed by atoms with Crippen molar-refractivity contribution in [1.82, 2.24) is 5.32 Å². The molecule has 0 fully saturated rings. The summed E-state index contributed by atoms with van der Waals surface area (Å²) in [6, 6.07) is 7.08. The van der Waals surface area contributed by atoms with E-state index < -0.39 is 0 Å². The van der Waals surface area contributed by atoms with E-state index in [0.717, 1.165) is 6.42 Å². The summed E-state index contributed by atoms with van der Waals surface area (Å²) in [5.41, 5.74) is 1.14. The van der Waals surface area contributed by atoms with Crippen LogP contribution in [0.25, 0.3) is 0 Å². The third kappa shape index (κ3) is 4.27. The second kappa shape index (κ2) is 6.87. The summed E-state index contributed by atoms with van der Waals surface area (Å²) in [6.07, 6.45) is 0.892. The van der Waals surface area contributed by atoms with Crippen LogP contribution in [0, 0.1) is 11.3 Å². The molecule has 18 heavy (non-hydrogen) atoms. The summed E-state index contributed by atoms with van der Waals surface area (Å²) in [5.74, 6) is -0.0789. The molecule has 1 unspecified atom stereocenters. The van der Waals surface area contributed by atoms with Crippen molar-refractivity contribution in [2.45, 2.75) is 26.3 Å². The zero-order chi connectivity index (χ0) is 13.5. The molecule has 1 amide bonds. The molecule has 5 heteroatoms. The highest BCUT2D eigenvalue weighted by atomic mass is 35.5. The average molecular weight is 266 g/mol. The molecule has 0 radical (unpaired) electrons. The first-order chi connectivity index (χ1) is 8.56. The lowest BCUT2D eigenvalue weighted by Crippen LogP contribution is -2.36. The van der Waals surface area contributed by atoms with E-state index in [9.17, 15) is 4.79 Å². The summed E-state index contributed by atoms with van der Waals surface area (Å²) in [5, 5.41) is 14.9. The molecule has 0 aliphatic carbocycles. The van der Waals surface area contributed by atoms with Crippen molar-refractivity contribution in [3.05, 3.63) is 28.8 Å². The Hall–Kier alpha value is -1.73. The van der Waals surface area contributed by atoms with Gasteiger partial charge in [0.1, 0.15) is 0 Å². The third-order valence-electron chi connectivity index (χ3n) is 2.56. The number of carbonyl (C=O) groups excluding carboxylic acids is 1. The summed E-state index contributed by atoms with van der Waals surface area (Å²) in [7, 11) is 0. The fourth-order valence-electron chi connectivity index (χ4n) is 1.33. The molecule has 1 rings (SSSR count). The van der Waals surface area contributed by atoms with Crippen molar-refractivity contribution in [3.63, 3.8) is 0 Å². The zero-order valence-corrected chi connectivity index (χ0v) is 11.2. The van der Waals surface area contributed by atoms with Crippen molar-refractivity contribution >= 4 is 23.2 Å². The van der Waals surface area contributed by atoms with Crippen LogP contribution in [0.4, 0.5) is 5.69 Å². The highest BCUT2D eigenvalue weighted by Crippen LogP contribution is 2.22. The minimum Gasteiger partial charge on any atom is -0.375 e. The van der Waals surface area contributed by atoms with Crippen molar-refractivity contribution in [2.24, 2.45) is 0 Å². The Balaban J connectivity index is 2.54. The van der Waals surface area contributed by atoms with E-state index in [1.807, 2.05) is 19.9 Å². The van der Waals surface area contributed by atoms with Gasteiger partial charge in [-0.05, 0) is 31.5 Å². The molecule has 1 atom stereocenters. The Bertz CT molecular complexity index is 468. The van der Waals surface area contributed by atoms with Gasteiger partial charge in [-0.25, -0.2) is 0 Å². The van der Waals surface area contributed by atoms with Crippen LogP contribution < -0.4 is 10.6 Å². The van der Waals surface area contributed by atoms with Crippen molar-refractivity contribution < 1.29 is 4.79 Å². The zero-order valence-electron chi connectivity index (χ0n) is 10.5. The molecule has 0 aromatic heterocycles. The largest absolute Gasteiger partial charge is 0.375 e. The lowest BCUT2D eigenvalue weighted by atomic mass is 10.2. The van der Waals surface area contributed by atoms with Gasteiger partial charge in [-0.15, -0.1) is 0 Å². The molecule has 0 spiro atoms. The molecule has 0 heterocycles. The molecule has 0 aliphatic heterocycles. The van der Waals surface area contributed by atoms with Gasteiger partial charge in [-0.3, -0.25) is 4.79 Å². The van der Waals surface area contributed by atoms with Crippen LogP contribution in [0.3, 0.4) is 0 Å². The van der Waals surface area contributed by atoms with Crippen molar-refractivity contribution in [2.75, 3.05) is 11.9 Å². The van der Waals surface area contributed by atoms with E-state index in [4.69, 9.17) is 16.9 Å². The van der Waals surface area contributed by atoms with Gasteiger partial charge in [0.2, 0.25) is 5.91 Å². The van der Waals surface area contributed by atoms with Gasteiger partial charge in [0.25, 0.3) is 0 Å². The van der Waals surface area contributed by atoms with Gasteiger partial charge < -0.3 is 10.6 Å². The quantitative estimate of drug-likeness (QED) is 0.860. The normalized spacial score (nSPS) is 11.4. The van der Waals surface area contributed by atoms with Crippen LogP contribution in [0.2, 0.25) is 5.02 Å². The molecule has 4 nitrogen and oxygen atoms in total. The van der Waals surface area contributed by atoms with Crippen LogP contribution in [0.1, 0.15) is 25.8 Å². The first-order valence-electron chi connectivity index (χ1n) is 5.79. The average Bonchev–Trinajstić information content (AvgIpc) is 2.36. The highest BCUT2D eigenvalue weighted by molar-refractivity contribution is 6.33. The number of carbonyl (C=O) groups is 1. The minimum absolute atomic E-state index is 0.0789. The molecule has 2 N–H and O–H groups in total. The van der Waals surface area contributed by atoms with Gasteiger partial charge in [0.15, 0.2) is 0 Å². The fourth-order valence-corrected chi connectivity index (χ4v) is 1.58. The standard InChI is InChI=1S/C13H16ClN3O/c1-3-9(2)17-13(18)8-16-12-5-4-10(7-15)6-11(12)14/h4-6,9,16H,3,8H2,1-2H3,(H,17,18). The minimum atomic E-state index is -0.0789. The Morgan fingerprint density at radius 2 is 2.28 bits per heavy atom. The smallest absolute Gasteiger partial charge is 0.239 e. The molecule has 0 saturated carbocycles. The van der Waals surface area contributed by atoms with E-state index in [1.165, 1.54) is 0 Å². The summed E-state index contributed by atoms with van der Waals surface area (Å²) in [4.78, 5) is 11.6. The summed E-state index contributed by atoms with van der Waals surface area (Å²) in [6.45, 7) is 4.12. The fraction of sp³-hybridized carbons (Fsp3) is 0.385. The molecule has 0 aliphatic rings. The first-order valence-corrected chi connectivity index (χ1v) is 6.17. The van der Waals surface area contributed by atoms with Gasteiger partial charge in [-0.2, -0.15) is 5.26 Å². The molecular weight excluding hydrogens is 250 g/mol. The van der Waals surface area contributed by atoms with Crippen LogP contribution in [0.15, 0.2) is 18.2 Å². The lowest BCUT2D eigenvalue weighted by Gasteiger charge is -2.13. The molecule has 96 valence electrons. The monoisotopic (exact) mass is 265 g/mol. The number of halogens is 1. The van der Waals surface area contributed by atoms with Gasteiger partial charge in [0, 0.05) is 6.04 Å². The Labute approximate surface area is 112 Å². The van der Waals surface area contributed by atoms with Gasteiger partial charge in [-0.1, -0.05) is 18.5 Å². The first kappa shape index (κ1) is 14.3. The third-order valence-corrected chi connectivity index (χ3v) is 2.87. The van der Waals surface area contributed by atoms with E-state index in [-0.39, 0.29) is 18.5 Å². The number of nitrogens with one attached hydrogen (secondary N) is 2. The number of rotatable bonds is 5. The molecule has 0 bridgehead atoms. The molecule has 0 saturated heterocycles. The number of nitrogens with zero attached hydrogens (tertiary/aromatic N) is 1. The maximum Gasteiger partial charge on any atom is 0.239 e. The van der Waals surface area contributed by atoms with E-state index in [0.29, 0.717) is 16.3 Å². The van der Waals surface area contributed by atoms with E-state index in [1.54, 1.807) is 18.2 Å². The van der Waals surface area contributed by atoms with Crippen LogP contribution >= 0.6 is 11.6 Å². The Morgan fingerprint density at radius 3 is 2.83 bits per heavy atom. The number of amides is 1. The SMILES string of the molecule is CCC(C)NC(=O)CNc1ccc(C#N)cc1Cl. The predicted molar refractivity (Wildman–Crippen MR) is 72.6 cm³/mol. The molecule has 1 aromatic carbocycles. The van der Waals surface area contributed by atoms with Crippen LogP contribution in [-0.4, -0.2) is 18.5 Å². The maximum atomic E-state index is 11.6. The number of hydrogen-bond acceptors (Lipinski definition) is 3. The van der Waals surface area contributed by atoms with Crippen LogP contribution in [0.5, 0.6) is 0 Å². The maximum absolute atomic E-state index is 11.6. The number of hydrogen-bond donors (Lipinski definition) is 2. The van der Waals surface area contributed by atoms with Crippen molar-refractivity contribution in [1.29, 1.82) is 5.26 Å². The summed E-state index contributed by atoms with van der Waals surface area (Å²) < 4.78 is 0. The number of benzene rings is 1. The predicted octanol–water partition coefficient (Wildman–Crippen LogP) is 2.54. The van der Waals surface area contributed by atoms with Gasteiger partial charge >= 0.3 is 0 Å². The Kier molecular flexibility index (Phi) is 5.47. The molecular formula is C13H16ClN3O. The lowest BCUT2D eigenvalue weighted by molar-refractivity contribution is -0.120. The van der Waals surface area contributed by atoms with Gasteiger partial charge in [0.05, 0.1) is 28.9 Å². The molecule has 1 aromatic rings. The topological polar surface area (TPSA) is 64.9 Å². The highest BCUT2D eigenvalue weighted by Gasteiger charge is 2.07. The number of nitriles is 1. The van der Waals surface area contributed by atoms with Crippen molar-refractivity contribution in [3.8, 4) is 6.07 Å². The second-order valence-electron chi connectivity index (χ2n) is 4.04. The summed E-state index contributed by atoms with van der Waals surface area (Å²) >= 11 is 5.98. The second-order valence-corrected chi connectivity index (χ2v) is 4.44. The van der Waals surface area contributed by atoms with E-state index in [2.05, 4.69) is 10.6 Å². The van der Waals surface area contributed by atoms with E-state index >= 15 is 0 Å². The Morgan fingerprint density at radius 1 is 1.56 bits per heavy atom.